The van der Waals surface area contributed by atoms with Gasteiger partial charge in [0.05, 0.1) is 20.2 Å². The van der Waals surface area contributed by atoms with Gasteiger partial charge in [0.25, 0.3) is 5.84 Å². The molecule has 2 rings (SSSR count). The van der Waals surface area contributed by atoms with Crippen molar-refractivity contribution in [1.82, 2.24) is 4.90 Å². The number of nitrogens with zero attached hydrogens (tertiary/aromatic N) is 3. The number of ether oxygens (including phenoxy) is 1. The lowest BCUT2D eigenvalue weighted by Crippen LogP contribution is -2.54. The van der Waals surface area contributed by atoms with Crippen molar-refractivity contribution in [3.63, 3.8) is 0 Å². The van der Waals surface area contributed by atoms with Crippen LogP contribution in [0.3, 0.4) is 0 Å². The summed E-state index contributed by atoms with van der Waals surface area (Å²) >= 11 is 0. The van der Waals surface area contributed by atoms with Crippen molar-refractivity contribution in [1.29, 1.82) is 0 Å². The van der Waals surface area contributed by atoms with Gasteiger partial charge >= 0.3 is 11.9 Å². The normalized spacial score (nSPS) is 22.3. The molecule has 0 radical (unpaired) electrons. The van der Waals surface area contributed by atoms with Crippen molar-refractivity contribution in [3.8, 4) is 0 Å². The summed E-state index contributed by atoms with van der Waals surface area (Å²) in [6.07, 6.45) is 4.72. The number of carbonyl (C=O) groups excluding carboxylic acids is 2. The van der Waals surface area contributed by atoms with Gasteiger partial charge in [-0.15, -0.1) is 4.99 Å². The Bertz CT molecular complexity index is 531. The Balaban J connectivity index is 2.47. The lowest BCUT2D eigenvalue weighted by atomic mass is 9.99. The minimum atomic E-state index is -0.646. The molecular formula is C13H16N3O3+. The summed E-state index contributed by atoms with van der Waals surface area (Å²) in [5, 5.41) is 0. The van der Waals surface area contributed by atoms with Crippen LogP contribution in [0.4, 0.5) is 4.79 Å². The fourth-order valence-electron chi connectivity index (χ4n) is 2.12. The summed E-state index contributed by atoms with van der Waals surface area (Å²) in [7, 11) is 1.60. The van der Waals surface area contributed by atoms with Crippen LogP contribution in [0.1, 0.15) is 6.92 Å². The SMILES string of the molecule is C=CCN1C(=O)C2C(OCC)=CC=NC2=[N+](C)C1=O. The van der Waals surface area contributed by atoms with Crippen LogP contribution in [0.2, 0.25) is 0 Å². The van der Waals surface area contributed by atoms with Gasteiger partial charge in [0.1, 0.15) is 12.0 Å². The predicted octanol–water partition coefficient (Wildman–Crippen LogP) is 0.796. The first kappa shape index (κ1) is 13.2. The first-order valence-corrected chi connectivity index (χ1v) is 6.05. The largest absolute Gasteiger partial charge is 0.497 e. The fraction of sp³-hybridized carbons (Fsp3) is 0.385. The Morgan fingerprint density at radius 1 is 1.58 bits per heavy atom. The Kier molecular flexibility index (Phi) is 3.59. The number of imide groups is 1. The molecule has 0 aromatic rings. The van der Waals surface area contributed by atoms with Crippen LogP contribution >= 0.6 is 0 Å². The van der Waals surface area contributed by atoms with Crippen molar-refractivity contribution in [2.24, 2.45) is 10.9 Å². The molecule has 0 spiro atoms. The average molecular weight is 262 g/mol. The van der Waals surface area contributed by atoms with Crippen LogP contribution in [-0.2, 0) is 9.53 Å². The first-order chi connectivity index (χ1) is 9.11. The molecule has 3 amide bonds. The highest BCUT2D eigenvalue weighted by molar-refractivity contribution is 6.15. The molecule has 1 atom stereocenters. The van der Waals surface area contributed by atoms with E-state index in [1.165, 1.54) is 16.9 Å². The third-order valence-electron chi connectivity index (χ3n) is 2.99. The zero-order chi connectivity index (χ0) is 14.0. The molecular weight excluding hydrogens is 246 g/mol. The van der Waals surface area contributed by atoms with E-state index in [2.05, 4.69) is 11.6 Å². The predicted molar refractivity (Wildman–Crippen MR) is 70.2 cm³/mol. The van der Waals surface area contributed by atoms with E-state index in [1.54, 1.807) is 13.1 Å². The van der Waals surface area contributed by atoms with Crippen LogP contribution in [0, 0.1) is 5.92 Å². The third kappa shape index (κ3) is 2.09. The Morgan fingerprint density at radius 2 is 2.32 bits per heavy atom. The molecule has 2 aliphatic heterocycles. The number of fused-ring (bicyclic) bond motifs is 1. The van der Waals surface area contributed by atoms with Gasteiger partial charge in [-0.25, -0.2) is 4.79 Å². The van der Waals surface area contributed by atoms with Crippen molar-refractivity contribution >= 4 is 24.0 Å². The van der Waals surface area contributed by atoms with Crippen LogP contribution in [0.5, 0.6) is 0 Å². The maximum atomic E-state index is 12.4. The van der Waals surface area contributed by atoms with E-state index in [0.717, 1.165) is 4.90 Å². The number of aliphatic imine (C=N–C) groups is 1. The van der Waals surface area contributed by atoms with Gasteiger partial charge in [0, 0.05) is 6.08 Å². The number of amides is 3. The van der Waals surface area contributed by atoms with Crippen LogP contribution < -0.4 is 0 Å². The molecule has 2 heterocycles. The summed E-state index contributed by atoms with van der Waals surface area (Å²) in [6.45, 7) is 6.03. The van der Waals surface area contributed by atoms with E-state index < -0.39 is 11.9 Å². The topological polar surface area (TPSA) is 62.0 Å². The van der Waals surface area contributed by atoms with Gasteiger partial charge in [-0.3, -0.25) is 4.79 Å². The first-order valence-electron chi connectivity index (χ1n) is 6.05. The Morgan fingerprint density at radius 3 is 2.95 bits per heavy atom. The molecule has 1 unspecified atom stereocenters. The quantitative estimate of drug-likeness (QED) is 0.556. The zero-order valence-electron chi connectivity index (χ0n) is 11.0. The molecule has 0 N–H and O–H groups in total. The van der Waals surface area contributed by atoms with E-state index in [9.17, 15) is 9.59 Å². The second-order valence-corrected chi connectivity index (χ2v) is 4.15. The number of allylic oxidation sites excluding steroid dienone is 1. The van der Waals surface area contributed by atoms with Gasteiger partial charge in [-0.05, 0) is 6.92 Å². The fourth-order valence-corrected chi connectivity index (χ4v) is 2.12. The molecule has 0 fully saturated rings. The number of hydrogen-bond acceptors (Lipinski definition) is 4. The number of amidine groups is 1. The standard InChI is InChI=1S/C13H16N3O3/c1-4-8-16-12(17)10-9(19-5-2)6-7-14-11(10)15(3)13(16)18/h4,6-7,10H,1,5,8H2,2-3H3/q+1. The van der Waals surface area contributed by atoms with E-state index in [0.29, 0.717) is 18.2 Å². The van der Waals surface area contributed by atoms with E-state index in [1.807, 2.05) is 6.92 Å². The van der Waals surface area contributed by atoms with E-state index in [-0.39, 0.29) is 12.5 Å². The molecule has 100 valence electrons. The Hall–Kier alpha value is -2.24. The van der Waals surface area contributed by atoms with Gasteiger partial charge < -0.3 is 4.74 Å². The van der Waals surface area contributed by atoms with Gasteiger partial charge in [0.2, 0.25) is 0 Å². The Labute approximate surface area is 111 Å². The smallest absolute Gasteiger partial charge is 0.445 e. The van der Waals surface area contributed by atoms with Crippen LogP contribution in [-0.4, -0.2) is 53.7 Å². The summed E-state index contributed by atoms with van der Waals surface area (Å²) in [4.78, 5) is 29.8. The molecule has 2 aliphatic rings. The number of rotatable bonds is 4. The summed E-state index contributed by atoms with van der Waals surface area (Å²) in [5.41, 5.74) is 0. The highest BCUT2D eigenvalue weighted by atomic mass is 16.5. The molecule has 6 nitrogen and oxygen atoms in total. The van der Waals surface area contributed by atoms with Crippen molar-refractivity contribution in [2.45, 2.75) is 6.92 Å². The van der Waals surface area contributed by atoms with Crippen molar-refractivity contribution < 1.29 is 18.9 Å². The molecule has 0 saturated heterocycles. The van der Waals surface area contributed by atoms with Gasteiger partial charge in [-0.1, -0.05) is 12.7 Å². The number of urea groups is 1. The molecule has 19 heavy (non-hydrogen) atoms. The molecule has 0 aromatic carbocycles. The zero-order valence-corrected chi connectivity index (χ0v) is 11.0. The summed E-state index contributed by atoms with van der Waals surface area (Å²) in [6, 6.07) is -0.397. The van der Waals surface area contributed by atoms with Crippen LogP contribution in [0.15, 0.2) is 29.5 Å². The second-order valence-electron chi connectivity index (χ2n) is 4.15. The minimum Gasteiger partial charge on any atom is -0.497 e. The van der Waals surface area contributed by atoms with Gasteiger partial charge in [-0.2, -0.15) is 9.48 Å². The number of hydrogen-bond donors (Lipinski definition) is 0. The molecule has 0 aliphatic carbocycles. The minimum absolute atomic E-state index is 0.176. The van der Waals surface area contributed by atoms with Crippen molar-refractivity contribution in [2.75, 3.05) is 20.2 Å². The molecule has 0 aromatic heterocycles. The third-order valence-corrected chi connectivity index (χ3v) is 2.99. The molecule has 0 bridgehead atoms. The second kappa shape index (κ2) is 5.17. The number of dihydropyridines is 1. The monoisotopic (exact) mass is 262 g/mol. The van der Waals surface area contributed by atoms with Crippen molar-refractivity contribution in [3.05, 3.63) is 24.5 Å². The summed E-state index contributed by atoms with van der Waals surface area (Å²) in [5.74, 6) is -0.0469. The molecule has 0 saturated carbocycles. The average Bonchev–Trinajstić information content (AvgIpc) is 2.41. The lowest BCUT2D eigenvalue weighted by molar-refractivity contribution is -0.408. The van der Waals surface area contributed by atoms with E-state index in [4.69, 9.17) is 4.74 Å². The van der Waals surface area contributed by atoms with E-state index >= 15 is 0 Å². The van der Waals surface area contributed by atoms with Crippen LogP contribution in [0.25, 0.3) is 0 Å². The summed E-state index contributed by atoms with van der Waals surface area (Å²) < 4.78 is 6.84. The maximum absolute atomic E-state index is 12.4. The molecule has 6 heteroatoms. The highest BCUT2D eigenvalue weighted by Gasteiger charge is 2.48. The van der Waals surface area contributed by atoms with Gasteiger partial charge in [0.15, 0.2) is 5.92 Å². The highest BCUT2D eigenvalue weighted by Crippen LogP contribution is 2.24. The maximum Gasteiger partial charge on any atom is 0.445 e. The lowest BCUT2D eigenvalue weighted by Gasteiger charge is -2.27. The number of carbonyl (C=O) groups is 2.